The Morgan fingerprint density at radius 2 is 1.62 bits per heavy atom. The number of rotatable bonds is 4. The van der Waals surface area contributed by atoms with E-state index in [1.807, 2.05) is 29.2 Å². The van der Waals surface area contributed by atoms with Gasteiger partial charge in [0.05, 0.1) is 12.0 Å². The summed E-state index contributed by atoms with van der Waals surface area (Å²) in [4.78, 5) is 40.0. The van der Waals surface area contributed by atoms with Crippen molar-refractivity contribution in [2.75, 3.05) is 13.1 Å². The monoisotopic (exact) mass is 500 g/mol. The molecule has 1 saturated heterocycles. The van der Waals surface area contributed by atoms with Crippen LogP contribution in [-0.4, -0.2) is 47.7 Å². The zero-order valence-corrected chi connectivity index (χ0v) is 20.1. The lowest BCUT2D eigenvalue weighted by atomic mass is 9.83. The number of likely N-dealkylation sites (tertiary alicyclic amines) is 1. The Hall–Kier alpha value is -2.57. The molecule has 0 radical (unpaired) electrons. The first-order valence-corrected chi connectivity index (χ1v) is 12.5. The van der Waals surface area contributed by atoms with Crippen molar-refractivity contribution >= 4 is 40.8 Å². The minimum atomic E-state index is -0.841. The van der Waals surface area contributed by atoms with Crippen LogP contribution in [0.2, 0.25) is 10.0 Å². The second-order valence-electron chi connectivity index (χ2n) is 9.42. The predicted molar refractivity (Wildman–Crippen MR) is 129 cm³/mol. The Morgan fingerprint density at radius 1 is 0.941 bits per heavy atom. The molecule has 34 heavy (non-hydrogen) atoms. The van der Waals surface area contributed by atoms with Crippen molar-refractivity contribution in [1.29, 1.82) is 0 Å². The first kappa shape index (κ1) is 23.2. The maximum Gasteiger partial charge on any atom is 0.261 e. The largest absolute Gasteiger partial charge is 0.479 e. The van der Waals surface area contributed by atoms with Crippen molar-refractivity contribution in [2.45, 2.75) is 50.2 Å². The molecule has 2 fully saturated rings. The number of carbonyl (C=O) groups excluding carboxylic acids is 3. The molecule has 2 aromatic carbocycles. The molecule has 0 unspecified atom stereocenters. The molecule has 0 spiro atoms. The molecule has 2 aliphatic heterocycles. The lowest BCUT2D eigenvalue weighted by molar-refractivity contribution is -0.141. The van der Waals surface area contributed by atoms with E-state index in [4.69, 9.17) is 27.9 Å². The molecule has 1 aliphatic carbocycles. The van der Waals surface area contributed by atoms with E-state index in [1.165, 1.54) is 5.56 Å². The van der Waals surface area contributed by atoms with Crippen LogP contribution >= 0.6 is 23.2 Å². The smallest absolute Gasteiger partial charge is 0.261 e. The number of nitrogens with zero attached hydrogens (tertiary/aromatic N) is 1. The molecule has 1 N–H and O–H groups in total. The number of hydrogen-bond acceptors (Lipinski definition) is 4. The standard InChI is InChI=1S/C26H26Cl2N2O4/c27-18-5-1-15(2-6-18)17-13-30(14-17)26(33)16-3-8-20(9-4-16)29-25(32)24-12-22(31)21-11-19(28)7-10-23(21)34-24/h1-2,5-7,10-11,16-17,20,24H,3-4,8-9,12-14H2,(H,29,32)/t16?,20?,24-/m1/s1. The zero-order chi connectivity index (χ0) is 23.8. The van der Waals surface area contributed by atoms with Crippen LogP contribution in [0.3, 0.4) is 0 Å². The van der Waals surface area contributed by atoms with Crippen LogP contribution in [0.15, 0.2) is 42.5 Å². The number of ketones is 1. The van der Waals surface area contributed by atoms with Crippen molar-refractivity contribution in [3.63, 3.8) is 0 Å². The van der Waals surface area contributed by atoms with E-state index in [0.717, 1.165) is 43.8 Å². The molecule has 5 rings (SSSR count). The van der Waals surface area contributed by atoms with Gasteiger partial charge in [-0.2, -0.15) is 0 Å². The summed E-state index contributed by atoms with van der Waals surface area (Å²) >= 11 is 11.9. The first-order valence-electron chi connectivity index (χ1n) is 11.7. The van der Waals surface area contributed by atoms with Crippen LogP contribution in [-0.2, 0) is 9.59 Å². The number of fused-ring (bicyclic) bond motifs is 1. The van der Waals surface area contributed by atoms with Gasteiger partial charge in [-0.05, 0) is 61.6 Å². The summed E-state index contributed by atoms with van der Waals surface area (Å²) in [6.45, 7) is 1.49. The Morgan fingerprint density at radius 3 is 2.32 bits per heavy atom. The van der Waals surface area contributed by atoms with Gasteiger partial charge in [-0.1, -0.05) is 35.3 Å². The lowest BCUT2D eigenvalue weighted by Crippen LogP contribution is -2.52. The molecule has 1 atom stereocenters. The molecule has 8 heteroatoms. The quantitative estimate of drug-likeness (QED) is 0.663. The average molecular weight is 501 g/mol. The number of carbonyl (C=O) groups is 3. The fraction of sp³-hybridized carbons (Fsp3) is 0.423. The maximum atomic E-state index is 12.9. The molecule has 6 nitrogen and oxygen atoms in total. The summed E-state index contributed by atoms with van der Waals surface area (Å²) in [7, 11) is 0. The normalized spacial score (nSPS) is 24.6. The van der Waals surface area contributed by atoms with Gasteiger partial charge in [-0.25, -0.2) is 0 Å². The predicted octanol–water partition coefficient (Wildman–Crippen LogP) is 4.63. The van der Waals surface area contributed by atoms with Crippen LogP contribution < -0.4 is 10.1 Å². The number of amides is 2. The highest BCUT2D eigenvalue weighted by Crippen LogP contribution is 2.34. The maximum absolute atomic E-state index is 12.9. The Bertz CT molecular complexity index is 1110. The number of nitrogens with one attached hydrogen (secondary N) is 1. The van der Waals surface area contributed by atoms with E-state index in [-0.39, 0.29) is 36.0 Å². The fourth-order valence-electron chi connectivity index (χ4n) is 5.08. The summed E-state index contributed by atoms with van der Waals surface area (Å²) in [5.74, 6) is 0.551. The van der Waals surface area contributed by atoms with Crippen molar-refractivity contribution in [3.8, 4) is 5.75 Å². The molecule has 3 aliphatic rings. The number of halogens is 2. The second kappa shape index (κ2) is 9.59. The summed E-state index contributed by atoms with van der Waals surface area (Å²) < 4.78 is 5.77. The van der Waals surface area contributed by atoms with E-state index >= 15 is 0 Å². The van der Waals surface area contributed by atoms with Crippen molar-refractivity contribution in [1.82, 2.24) is 10.2 Å². The average Bonchev–Trinajstić information content (AvgIpc) is 2.80. The molecule has 0 aromatic heterocycles. The van der Waals surface area contributed by atoms with Crippen molar-refractivity contribution in [2.24, 2.45) is 5.92 Å². The lowest BCUT2D eigenvalue weighted by Gasteiger charge is -2.42. The van der Waals surface area contributed by atoms with Gasteiger partial charge in [0, 0.05) is 41.0 Å². The minimum absolute atomic E-state index is 0.00320. The van der Waals surface area contributed by atoms with Crippen molar-refractivity contribution in [3.05, 3.63) is 63.6 Å². The van der Waals surface area contributed by atoms with Crippen LogP contribution in [0.25, 0.3) is 0 Å². The van der Waals surface area contributed by atoms with Crippen molar-refractivity contribution < 1.29 is 19.1 Å². The highest BCUT2D eigenvalue weighted by atomic mass is 35.5. The Labute approximate surface area is 208 Å². The molecule has 2 heterocycles. The van der Waals surface area contributed by atoms with Gasteiger partial charge in [0.1, 0.15) is 5.75 Å². The summed E-state index contributed by atoms with van der Waals surface area (Å²) in [6, 6.07) is 12.7. The van der Waals surface area contributed by atoms with Crippen LogP contribution in [0, 0.1) is 5.92 Å². The molecule has 1 saturated carbocycles. The Kier molecular flexibility index (Phi) is 6.54. The Balaban J connectivity index is 1.08. The number of benzene rings is 2. The van der Waals surface area contributed by atoms with Crippen LogP contribution in [0.4, 0.5) is 0 Å². The number of hydrogen-bond donors (Lipinski definition) is 1. The summed E-state index contributed by atoms with van der Waals surface area (Å²) in [5, 5.41) is 4.20. The number of ether oxygens (including phenoxy) is 1. The van der Waals surface area contributed by atoms with Crippen LogP contribution in [0.1, 0.15) is 53.9 Å². The van der Waals surface area contributed by atoms with Gasteiger partial charge >= 0.3 is 0 Å². The second-order valence-corrected chi connectivity index (χ2v) is 10.3. The minimum Gasteiger partial charge on any atom is -0.479 e. The number of Topliss-reactive ketones (excluding diaryl/α,β-unsaturated/α-hetero) is 1. The third kappa shape index (κ3) is 4.80. The van der Waals surface area contributed by atoms with E-state index in [2.05, 4.69) is 5.32 Å². The molecule has 2 amide bonds. The van der Waals surface area contributed by atoms with E-state index in [1.54, 1.807) is 18.2 Å². The topological polar surface area (TPSA) is 75.7 Å². The zero-order valence-electron chi connectivity index (χ0n) is 18.6. The van der Waals surface area contributed by atoms with Gasteiger partial charge in [0.2, 0.25) is 5.91 Å². The third-order valence-corrected chi connectivity index (χ3v) is 7.62. The molecule has 178 valence electrons. The van der Waals surface area contributed by atoms with E-state index in [9.17, 15) is 14.4 Å². The summed E-state index contributed by atoms with van der Waals surface area (Å²) in [5.41, 5.74) is 1.63. The molecule has 2 aromatic rings. The highest BCUT2D eigenvalue weighted by Gasteiger charge is 2.38. The van der Waals surface area contributed by atoms with E-state index in [0.29, 0.717) is 22.3 Å². The SMILES string of the molecule is O=C1C[C@H](C(=O)NC2CCC(C(=O)N3CC(c4ccc(Cl)cc4)C3)CC2)Oc2ccc(Cl)cc21. The van der Waals surface area contributed by atoms with Gasteiger partial charge in [0.25, 0.3) is 5.91 Å². The fourth-order valence-corrected chi connectivity index (χ4v) is 5.38. The summed E-state index contributed by atoms with van der Waals surface area (Å²) in [6.07, 6.45) is 2.13. The first-order chi connectivity index (χ1) is 16.4. The molecule has 0 bridgehead atoms. The van der Waals surface area contributed by atoms with E-state index < -0.39 is 6.10 Å². The highest BCUT2D eigenvalue weighted by molar-refractivity contribution is 6.31. The van der Waals surface area contributed by atoms with Gasteiger partial charge in [-0.3, -0.25) is 14.4 Å². The van der Waals surface area contributed by atoms with Crippen LogP contribution in [0.5, 0.6) is 5.75 Å². The van der Waals surface area contributed by atoms with Gasteiger partial charge in [0.15, 0.2) is 11.9 Å². The van der Waals surface area contributed by atoms with Gasteiger partial charge in [-0.15, -0.1) is 0 Å². The third-order valence-electron chi connectivity index (χ3n) is 7.13. The van der Waals surface area contributed by atoms with Gasteiger partial charge < -0.3 is 15.0 Å². The molecular formula is C26H26Cl2N2O4. The molecular weight excluding hydrogens is 475 g/mol.